The monoisotopic (exact) mass is 318 g/mol. The van der Waals surface area contributed by atoms with E-state index in [1.54, 1.807) is 25.1 Å². The molecular formula is C14H20Cl2N2O2. The van der Waals surface area contributed by atoms with E-state index < -0.39 is 6.10 Å². The zero-order chi connectivity index (χ0) is 15.3. The highest BCUT2D eigenvalue weighted by molar-refractivity contribution is 6.35. The van der Waals surface area contributed by atoms with Crippen LogP contribution in [0, 0.1) is 0 Å². The van der Waals surface area contributed by atoms with Gasteiger partial charge in [0.25, 0.3) is 0 Å². The number of aliphatic hydroxyl groups excluding tert-OH is 1. The van der Waals surface area contributed by atoms with Gasteiger partial charge in [-0.15, -0.1) is 0 Å². The fourth-order valence-electron chi connectivity index (χ4n) is 1.76. The van der Waals surface area contributed by atoms with Crippen molar-refractivity contribution >= 4 is 34.8 Å². The van der Waals surface area contributed by atoms with Crippen LogP contribution in [0.2, 0.25) is 10.0 Å². The van der Waals surface area contributed by atoms with Crippen LogP contribution >= 0.6 is 23.2 Å². The number of anilines is 1. The highest BCUT2D eigenvalue weighted by Gasteiger charge is 2.16. The molecule has 0 aliphatic carbocycles. The highest BCUT2D eigenvalue weighted by Crippen LogP contribution is 2.25. The second-order valence-electron chi connectivity index (χ2n) is 5.04. The SMILES string of the molecule is CC(O)CN(CC(=O)Nc1cc(Cl)ccc1Cl)C(C)C. The topological polar surface area (TPSA) is 52.6 Å². The molecule has 0 saturated carbocycles. The summed E-state index contributed by atoms with van der Waals surface area (Å²) < 4.78 is 0. The third kappa shape index (κ3) is 5.67. The minimum absolute atomic E-state index is 0.158. The molecule has 0 saturated heterocycles. The molecule has 1 amide bonds. The van der Waals surface area contributed by atoms with E-state index in [2.05, 4.69) is 5.32 Å². The second kappa shape index (κ2) is 7.84. The average Bonchev–Trinajstić information content (AvgIpc) is 2.32. The first-order chi connectivity index (χ1) is 9.29. The van der Waals surface area contributed by atoms with Crippen LogP contribution in [0.25, 0.3) is 0 Å². The van der Waals surface area contributed by atoms with Crippen LogP contribution in [0.4, 0.5) is 5.69 Å². The lowest BCUT2D eigenvalue weighted by molar-refractivity contribution is -0.118. The fraction of sp³-hybridized carbons (Fsp3) is 0.500. The molecule has 0 bridgehead atoms. The van der Waals surface area contributed by atoms with Crippen LogP contribution in [0.3, 0.4) is 0 Å². The van der Waals surface area contributed by atoms with Gasteiger partial charge in [0.2, 0.25) is 5.91 Å². The maximum atomic E-state index is 12.0. The largest absolute Gasteiger partial charge is 0.392 e. The Morgan fingerprint density at radius 2 is 2.00 bits per heavy atom. The molecule has 0 radical (unpaired) electrons. The summed E-state index contributed by atoms with van der Waals surface area (Å²) in [6.07, 6.45) is -0.486. The van der Waals surface area contributed by atoms with E-state index in [4.69, 9.17) is 23.2 Å². The van der Waals surface area contributed by atoms with Gasteiger partial charge in [0, 0.05) is 17.6 Å². The molecule has 0 heterocycles. The number of nitrogens with one attached hydrogen (secondary N) is 1. The van der Waals surface area contributed by atoms with Crippen molar-refractivity contribution in [2.45, 2.75) is 32.9 Å². The molecule has 1 aromatic rings. The molecule has 0 fully saturated rings. The van der Waals surface area contributed by atoms with Gasteiger partial charge in [-0.25, -0.2) is 0 Å². The van der Waals surface area contributed by atoms with Gasteiger partial charge in [-0.05, 0) is 39.0 Å². The Morgan fingerprint density at radius 1 is 1.35 bits per heavy atom. The minimum Gasteiger partial charge on any atom is -0.392 e. The summed E-state index contributed by atoms with van der Waals surface area (Å²) >= 11 is 11.9. The number of benzene rings is 1. The van der Waals surface area contributed by atoms with Gasteiger partial charge in [0.05, 0.1) is 23.4 Å². The van der Waals surface area contributed by atoms with Crippen molar-refractivity contribution in [1.82, 2.24) is 4.90 Å². The number of carbonyl (C=O) groups excluding carboxylic acids is 1. The Balaban J connectivity index is 2.68. The number of hydrogen-bond donors (Lipinski definition) is 2. The minimum atomic E-state index is -0.486. The molecule has 0 aliphatic rings. The Labute approximate surface area is 129 Å². The Bertz CT molecular complexity index is 464. The molecule has 0 aromatic heterocycles. The number of carbonyl (C=O) groups is 1. The van der Waals surface area contributed by atoms with Gasteiger partial charge >= 0.3 is 0 Å². The number of rotatable bonds is 6. The Morgan fingerprint density at radius 3 is 2.55 bits per heavy atom. The van der Waals surface area contributed by atoms with Gasteiger partial charge in [-0.1, -0.05) is 23.2 Å². The van der Waals surface area contributed by atoms with Gasteiger partial charge in [-0.2, -0.15) is 0 Å². The zero-order valence-corrected chi connectivity index (χ0v) is 13.4. The smallest absolute Gasteiger partial charge is 0.238 e. The molecule has 0 spiro atoms. The van der Waals surface area contributed by atoms with Gasteiger partial charge in [0.1, 0.15) is 0 Å². The molecule has 1 rings (SSSR count). The number of aliphatic hydroxyl groups is 1. The standard InChI is InChI=1S/C14H20Cl2N2O2/c1-9(2)18(7-10(3)19)8-14(20)17-13-6-11(15)4-5-12(13)16/h4-6,9-10,19H,7-8H2,1-3H3,(H,17,20). The van der Waals surface area contributed by atoms with Gasteiger partial charge < -0.3 is 10.4 Å². The van der Waals surface area contributed by atoms with Crippen LogP contribution in [-0.4, -0.2) is 41.1 Å². The average molecular weight is 319 g/mol. The van der Waals surface area contributed by atoms with Crippen molar-refractivity contribution in [2.75, 3.05) is 18.4 Å². The molecule has 20 heavy (non-hydrogen) atoms. The number of nitrogens with zero attached hydrogens (tertiary/aromatic N) is 1. The normalized spacial score (nSPS) is 12.8. The lowest BCUT2D eigenvalue weighted by atomic mass is 10.2. The number of amides is 1. The van der Waals surface area contributed by atoms with E-state index in [1.165, 1.54) is 0 Å². The van der Waals surface area contributed by atoms with Crippen molar-refractivity contribution in [3.05, 3.63) is 28.2 Å². The summed E-state index contributed by atoms with van der Waals surface area (Å²) in [5.74, 6) is -0.191. The van der Waals surface area contributed by atoms with Crippen LogP contribution < -0.4 is 5.32 Å². The predicted molar refractivity (Wildman–Crippen MR) is 83.5 cm³/mol. The molecule has 4 nitrogen and oxygen atoms in total. The summed E-state index contributed by atoms with van der Waals surface area (Å²) in [6.45, 7) is 6.27. The first kappa shape index (κ1) is 17.2. The first-order valence-corrected chi connectivity index (χ1v) is 7.22. The van der Waals surface area contributed by atoms with E-state index >= 15 is 0 Å². The molecular weight excluding hydrogens is 299 g/mol. The third-order valence-electron chi connectivity index (χ3n) is 2.78. The molecule has 1 aromatic carbocycles. The fourth-order valence-corrected chi connectivity index (χ4v) is 2.10. The molecule has 112 valence electrons. The Hall–Kier alpha value is -0.810. The van der Waals surface area contributed by atoms with Crippen molar-refractivity contribution in [3.63, 3.8) is 0 Å². The van der Waals surface area contributed by atoms with Gasteiger partial charge in [-0.3, -0.25) is 9.69 Å². The van der Waals surface area contributed by atoms with E-state index in [0.29, 0.717) is 22.3 Å². The first-order valence-electron chi connectivity index (χ1n) is 6.46. The lowest BCUT2D eigenvalue weighted by Crippen LogP contribution is -2.41. The molecule has 1 unspecified atom stereocenters. The lowest BCUT2D eigenvalue weighted by Gasteiger charge is -2.27. The van der Waals surface area contributed by atoms with E-state index in [0.717, 1.165) is 0 Å². The van der Waals surface area contributed by atoms with Crippen molar-refractivity contribution in [3.8, 4) is 0 Å². The zero-order valence-electron chi connectivity index (χ0n) is 11.9. The maximum Gasteiger partial charge on any atom is 0.238 e. The number of halogens is 2. The summed E-state index contributed by atoms with van der Waals surface area (Å²) in [6, 6.07) is 5.06. The quantitative estimate of drug-likeness (QED) is 0.847. The summed E-state index contributed by atoms with van der Waals surface area (Å²) in [7, 11) is 0. The summed E-state index contributed by atoms with van der Waals surface area (Å²) in [4.78, 5) is 13.9. The summed E-state index contributed by atoms with van der Waals surface area (Å²) in [5.41, 5.74) is 0.491. The van der Waals surface area contributed by atoms with E-state index in [9.17, 15) is 9.90 Å². The third-order valence-corrected chi connectivity index (χ3v) is 3.34. The van der Waals surface area contributed by atoms with Gasteiger partial charge in [0.15, 0.2) is 0 Å². The molecule has 6 heteroatoms. The molecule has 0 aliphatic heterocycles. The van der Waals surface area contributed by atoms with E-state index in [1.807, 2.05) is 18.7 Å². The van der Waals surface area contributed by atoms with Crippen LogP contribution in [0.15, 0.2) is 18.2 Å². The number of hydrogen-bond acceptors (Lipinski definition) is 3. The molecule has 2 N–H and O–H groups in total. The Kier molecular flexibility index (Phi) is 6.76. The van der Waals surface area contributed by atoms with Crippen LogP contribution in [0.1, 0.15) is 20.8 Å². The summed E-state index contributed by atoms with van der Waals surface area (Å²) in [5, 5.41) is 13.1. The van der Waals surface area contributed by atoms with E-state index in [-0.39, 0.29) is 18.5 Å². The highest BCUT2D eigenvalue weighted by atomic mass is 35.5. The maximum absolute atomic E-state index is 12.0. The van der Waals surface area contributed by atoms with Crippen LogP contribution in [0.5, 0.6) is 0 Å². The second-order valence-corrected chi connectivity index (χ2v) is 5.89. The molecule has 1 atom stereocenters. The van der Waals surface area contributed by atoms with Crippen molar-refractivity contribution in [1.29, 1.82) is 0 Å². The van der Waals surface area contributed by atoms with Crippen molar-refractivity contribution < 1.29 is 9.90 Å². The predicted octanol–water partition coefficient (Wildman–Crippen LogP) is 3.02. The van der Waals surface area contributed by atoms with Crippen LogP contribution in [-0.2, 0) is 4.79 Å². The van der Waals surface area contributed by atoms with Crippen molar-refractivity contribution in [2.24, 2.45) is 0 Å².